The molecular formula is C22H35N3O2. The number of hydrogen-bond donors (Lipinski definition) is 0. The van der Waals surface area contributed by atoms with Crippen LogP contribution < -0.4 is 4.90 Å². The molecule has 1 fully saturated rings. The summed E-state index contributed by atoms with van der Waals surface area (Å²) in [5.41, 5.74) is 1.02. The van der Waals surface area contributed by atoms with E-state index in [2.05, 4.69) is 30.7 Å². The average Bonchev–Trinajstić information content (AvgIpc) is 2.62. The largest absolute Gasteiger partial charge is 0.461 e. The van der Waals surface area contributed by atoms with Crippen LogP contribution in [-0.2, 0) is 9.53 Å². The van der Waals surface area contributed by atoms with Crippen LogP contribution in [0.15, 0.2) is 23.3 Å². The smallest absolute Gasteiger partial charge is 0.326 e. The number of esters is 1. The molecule has 1 saturated carbocycles. The second kappa shape index (κ2) is 9.86. The first kappa shape index (κ1) is 21.4. The van der Waals surface area contributed by atoms with Crippen molar-refractivity contribution >= 4 is 17.6 Å². The molecule has 27 heavy (non-hydrogen) atoms. The minimum absolute atomic E-state index is 0.0107. The molecule has 0 saturated heterocycles. The minimum atomic E-state index is -0.195. The van der Waals surface area contributed by atoms with E-state index in [4.69, 9.17) is 4.74 Å². The van der Waals surface area contributed by atoms with Crippen LogP contribution in [0.3, 0.4) is 0 Å². The van der Waals surface area contributed by atoms with Crippen LogP contribution in [0.5, 0.6) is 0 Å². The molecule has 0 aliphatic heterocycles. The van der Waals surface area contributed by atoms with Crippen LogP contribution in [0.2, 0.25) is 0 Å². The maximum atomic E-state index is 12.9. The third kappa shape index (κ3) is 5.53. The third-order valence-corrected chi connectivity index (χ3v) is 5.65. The van der Waals surface area contributed by atoms with Crippen molar-refractivity contribution < 1.29 is 9.53 Å². The molecule has 1 aromatic heterocycles. The van der Waals surface area contributed by atoms with Crippen molar-refractivity contribution in [1.29, 1.82) is 0 Å². The number of amidine groups is 1. The van der Waals surface area contributed by atoms with Gasteiger partial charge < -0.3 is 9.64 Å². The van der Waals surface area contributed by atoms with Crippen LogP contribution in [0, 0.1) is 24.7 Å². The standard InChI is InChI=1S/C22H35N3O2/c1-7-20(23-6)25(22-17(5)9-8-12-24-22)14-21(26)27-19-13-16(4)10-11-18(19)15(2)3/h8-9,12,15-16,18-19H,7,10-11,13-14H2,1-6H3/b23-20+/t16-,18+,19-/m1/s1. The van der Waals surface area contributed by atoms with Crippen molar-refractivity contribution in [1.82, 2.24) is 4.98 Å². The fourth-order valence-corrected chi connectivity index (χ4v) is 4.10. The van der Waals surface area contributed by atoms with E-state index in [1.165, 1.54) is 6.42 Å². The lowest BCUT2D eigenvalue weighted by Gasteiger charge is -2.37. The highest BCUT2D eigenvalue weighted by molar-refractivity contribution is 6.00. The van der Waals surface area contributed by atoms with Crippen molar-refractivity contribution in [3.63, 3.8) is 0 Å². The van der Waals surface area contributed by atoms with Gasteiger partial charge in [0.05, 0.1) is 0 Å². The monoisotopic (exact) mass is 373 g/mol. The van der Waals surface area contributed by atoms with E-state index in [0.29, 0.717) is 17.8 Å². The van der Waals surface area contributed by atoms with Crippen LogP contribution in [0.25, 0.3) is 0 Å². The van der Waals surface area contributed by atoms with E-state index in [9.17, 15) is 4.79 Å². The lowest BCUT2D eigenvalue weighted by atomic mass is 9.75. The number of nitrogens with zero attached hydrogens (tertiary/aromatic N) is 3. The van der Waals surface area contributed by atoms with Gasteiger partial charge in [-0.15, -0.1) is 0 Å². The lowest BCUT2D eigenvalue weighted by Crippen LogP contribution is -2.41. The Morgan fingerprint density at radius 1 is 1.41 bits per heavy atom. The summed E-state index contributed by atoms with van der Waals surface area (Å²) >= 11 is 0. The van der Waals surface area contributed by atoms with E-state index in [1.807, 2.05) is 30.9 Å². The SMILES string of the molecule is CC/C(=N\C)N(CC(=O)O[C@@H]1C[C@H](C)CC[C@H]1C(C)C)c1ncccc1C. The predicted octanol–water partition coefficient (Wildman–Crippen LogP) is 4.64. The number of hydrogen-bond acceptors (Lipinski definition) is 4. The van der Waals surface area contributed by atoms with E-state index >= 15 is 0 Å². The molecule has 3 atom stereocenters. The Labute approximate surface area is 164 Å². The fourth-order valence-electron chi connectivity index (χ4n) is 4.10. The first-order valence-electron chi connectivity index (χ1n) is 10.2. The molecule has 5 nitrogen and oxygen atoms in total. The third-order valence-electron chi connectivity index (χ3n) is 5.65. The molecule has 0 radical (unpaired) electrons. The number of aromatic nitrogens is 1. The zero-order chi connectivity index (χ0) is 20.0. The fraction of sp³-hybridized carbons (Fsp3) is 0.682. The number of carbonyl (C=O) groups excluding carboxylic acids is 1. The Hall–Kier alpha value is -1.91. The summed E-state index contributed by atoms with van der Waals surface area (Å²) in [6.45, 7) is 10.9. The molecule has 1 heterocycles. The van der Waals surface area contributed by atoms with E-state index in [1.54, 1.807) is 13.2 Å². The quantitative estimate of drug-likeness (QED) is 0.414. The number of carbonyl (C=O) groups is 1. The summed E-state index contributed by atoms with van der Waals surface area (Å²) in [5.74, 6) is 2.99. The van der Waals surface area contributed by atoms with Crippen LogP contribution in [0.1, 0.15) is 58.9 Å². The molecule has 0 spiro atoms. The van der Waals surface area contributed by atoms with Crippen molar-refractivity contribution in [3.05, 3.63) is 23.9 Å². The van der Waals surface area contributed by atoms with Gasteiger partial charge in [-0.2, -0.15) is 0 Å². The highest BCUT2D eigenvalue weighted by atomic mass is 16.5. The molecule has 0 amide bonds. The first-order chi connectivity index (χ1) is 12.9. The summed E-state index contributed by atoms with van der Waals surface area (Å²) in [7, 11) is 1.76. The average molecular weight is 374 g/mol. The zero-order valence-electron chi connectivity index (χ0n) is 17.7. The Balaban J connectivity index is 2.17. The van der Waals surface area contributed by atoms with Gasteiger partial charge in [0.1, 0.15) is 24.3 Å². The van der Waals surface area contributed by atoms with Gasteiger partial charge in [-0.25, -0.2) is 4.98 Å². The molecule has 150 valence electrons. The minimum Gasteiger partial charge on any atom is -0.461 e. The first-order valence-corrected chi connectivity index (χ1v) is 10.2. The van der Waals surface area contributed by atoms with Crippen LogP contribution in [0.4, 0.5) is 5.82 Å². The van der Waals surface area contributed by atoms with Gasteiger partial charge in [0, 0.05) is 19.7 Å². The van der Waals surface area contributed by atoms with E-state index < -0.39 is 0 Å². The van der Waals surface area contributed by atoms with Gasteiger partial charge in [-0.1, -0.05) is 40.2 Å². The van der Waals surface area contributed by atoms with E-state index in [0.717, 1.165) is 36.5 Å². The molecule has 0 unspecified atom stereocenters. The molecule has 2 rings (SSSR count). The topological polar surface area (TPSA) is 54.8 Å². The van der Waals surface area contributed by atoms with Gasteiger partial charge in [0.15, 0.2) is 0 Å². The Kier molecular flexibility index (Phi) is 7.81. The number of rotatable bonds is 6. The number of anilines is 1. The van der Waals surface area contributed by atoms with Crippen molar-refractivity contribution in [3.8, 4) is 0 Å². The van der Waals surface area contributed by atoms with Gasteiger partial charge in [-0.05, 0) is 49.1 Å². The van der Waals surface area contributed by atoms with Crippen molar-refractivity contribution in [2.75, 3.05) is 18.5 Å². The van der Waals surface area contributed by atoms with E-state index in [-0.39, 0.29) is 18.6 Å². The summed E-state index contributed by atoms with van der Waals surface area (Å²) < 4.78 is 6.00. The maximum Gasteiger partial charge on any atom is 0.326 e. The van der Waals surface area contributed by atoms with Crippen LogP contribution >= 0.6 is 0 Å². The second-order valence-corrected chi connectivity index (χ2v) is 8.08. The maximum absolute atomic E-state index is 12.9. The number of ether oxygens (including phenoxy) is 1. The molecule has 1 aliphatic carbocycles. The number of aliphatic imine (C=N–C) groups is 1. The summed E-state index contributed by atoms with van der Waals surface area (Å²) in [6.07, 6.45) is 5.81. The number of aryl methyl sites for hydroxylation is 1. The summed E-state index contributed by atoms with van der Waals surface area (Å²) in [4.78, 5) is 23.6. The Morgan fingerprint density at radius 2 is 2.15 bits per heavy atom. The van der Waals surface area contributed by atoms with Crippen LogP contribution in [-0.4, -0.2) is 36.5 Å². The molecule has 1 aliphatic rings. The second-order valence-electron chi connectivity index (χ2n) is 8.08. The molecule has 1 aromatic rings. The van der Waals surface area contributed by atoms with Crippen molar-refractivity contribution in [2.24, 2.45) is 22.7 Å². The van der Waals surface area contributed by atoms with Gasteiger partial charge in [0.25, 0.3) is 0 Å². The summed E-state index contributed by atoms with van der Waals surface area (Å²) in [6, 6.07) is 3.90. The molecular weight excluding hydrogens is 338 g/mol. The predicted molar refractivity (Wildman–Crippen MR) is 111 cm³/mol. The molecule has 5 heteroatoms. The van der Waals surface area contributed by atoms with Gasteiger partial charge >= 0.3 is 5.97 Å². The summed E-state index contributed by atoms with van der Waals surface area (Å²) in [5, 5.41) is 0. The Morgan fingerprint density at radius 3 is 2.74 bits per heavy atom. The van der Waals surface area contributed by atoms with Gasteiger partial charge in [-0.3, -0.25) is 9.79 Å². The van der Waals surface area contributed by atoms with Crippen molar-refractivity contribution in [2.45, 2.75) is 66.4 Å². The number of pyridine rings is 1. The highest BCUT2D eigenvalue weighted by Crippen LogP contribution is 2.35. The zero-order valence-corrected chi connectivity index (χ0v) is 17.7. The normalized spacial score (nSPS) is 23.4. The lowest BCUT2D eigenvalue weighted by molar-refractivity contribution is -0.154. The molecule has 0 N–H and O–H groups in total. The molecule has 0 bridgehead atoms. The Bertz CT molecular complexity index is 657. The highest BCUT2D eigenvalue weighted by Gasteiger charge is 2.34. The molecule has 0 aromatic carbocycles. The van der Waals surface area contributed by atoms with Gasteiger partial charge in [0.2, 0.25) is 0 Å².